The number of nitriles is 1. The van der Waals surface area contributed by atoms with Gasteiger partial charge in [-0.3, -0.25) is 4.79 Å². The van der Waals surface area contributed by atoms with Crippen LogP contribution in [0.25, 0.3) is 16.9 Å². The van der Waals surface area contributed by atoms with Crippen molar-refractivity contribution >= 4 is 28.1 Å². The van der Waals surface area contributed by atoms with Crippen LogP contribution in [0.2, 0.25) is 0 Å². The lowest BCUT2D eigenvalue weighted by molar-refractivity contribution is 0.0955. The Morgan fingerprint density at radius 1 is 1.08 bits per heavy atom. The van der Waals surface area contributed by atoms with Crippen molar-refractivity contribution in [3.05, 3.63) is 100 Å². The molecular formula is C29H25BrN4O3. The Kier molecular flexibility index (Phi) is 8.39. The lowest BCUT2D eigenvalue weighted by Gasteiger charge is -2.13. The number of carbonyl (C=O) groups is 1. The van der Waals surface area contributed by atoms with E-state index in [1.807, 2.05) is 43.3 Å². The summed E-state index contributed by atoms with van der Waals surface area (Å²) in [6.07, 6.45) is 1.52. The minimum atomic E-state index is -0.326. The highest BCUT2D eigenvalue weighted by Crippen LogP contribution is 2.36. The van der Waals surface area contributed by atoms with Crippen LogP contribution in [0.4, 0.5) is 0 Å². The number of carbonyl (C=O) groups excluding carboxylic acids is 1. The third-order valence-corrected chi connectivity index (χ3v) is 6.11. The van der Waals surface area contributed by atoms with Crippen LogP contribution >= 0.6 is 15.9 Å². The van der Waals surface area contributed by atoms with Gasteiger partial charge in [0.25, 0.3) is 5.91 Å². The van der Waals surface area contributed by atoms with Gasteiger partial charge in [-0.15, -0.1) is 0 Å². The summed E-state index contributed by atoms with van der Waals surface area (Å²) in [7, 11) is 0. The van der Waals surface area contributed by atoms with Crippen molar-refractivity contribution in [2.24, 2.45) is 5.10 Å². The summed E-state index contributed by atoms with van der Waals surface area (Å²) in [4.78, 5) is 12.7. The largest absolute Gasteiger partial charge is 0.490 e. The predicted molar refractivity (Wildman–Crippen MR) is 147 cm³/mol. The molecule has 1 N–H and O–H groups in total. The number of nitrogens with one attached hydrogen (secondary N) is 1. The Morgan fingerprint density at radius 3 is 2.54 bits per heavy atom. The highest BCUT2D eigenvalue weighted by atomic mass is 79.9. The van der Waals surface area contributed by atoms with Gasteiger partial charge in [0.1, 0.15) is 6.07 Å². The van der Waals surface area contributed by atoms with Gasteiger partial charge in [0.05, 0.1) is 23.0 Å². The number of rotatable bonds is 9. The quantitative estimate of drug-likeness (QED) is 0.194. The maximum Gasteiger partial charge on any atom is 0.271 e. The molecule has 0 saturated heterocycles. The van der Waals surface area contributed by atoms with Crippen LogP contribution in [0.3, 0.4) is 0 Å². The summed E-state index contributed by atoms with van der Waals surface area (Å²) in [5.74, 6) is 0.595. The molecule has 7 nitrogen and oxygen atoms in total. The van der Waals surface area contributed by atoms with Crippen LogP contribution in [-0.2, 0) is 0 Å². The molecule has 4 aromatic rings. The lowest BCUT2D eigenvalue weighted by Crippen LogP contribution is -2.17. The normalized spacial score (nSPS) is 10.8. The average Bonchev–Trinajstić information content (AvgIpc) is 3.30. The number of hydrazone groups is 1. The molecule has 0 fully saturated rings. The van der Waals surface area contributed by atoms with Gasteiger partial charge in [-0.05, 0) is 89.4 Å². The molecule has 1 aromatic heterocycles. The first-order valence-electron chi connectivity index (χ1n) is 11.7. The van der Waals surface area contributed by atoms with E-state index in [4.69, 9.17) is 14.7 Å². The SMILES string of the molecule is CCOc1cc(/C=N/NC(=O)c2ccc(-n3c(C)ccc3-c3ccccc3)cc2)cc(Br)c1OCC#N. The third kappa shape index (κ3) is 6.08. The zero-order valence-electron chi connectivity index (χ0n) is 20.4. The van der Waals surface area contributed by atoms with Crippen molar-refractivity contribution in [3.63, 3.8) is 0 Å². The maximum atomic E-state index is 12.7. The summed E-state index contributed by atoms with van der Waals surface area (Å²) in [5, 5.41) is 12.9. The molecule has 0 saturated carbocycles. The molecule has 0 unspecified atom stereocenters. The summed E-state index contributed by atoms with van der Waals surface area (Å²) in [6.45, 7) is 4.24. The molecule has 8 heteroatoms. The van der Waals surface area contributed by atoms with Gasteiger partial charge in [-0.1, -0.05) is 30.3 Å². The lowest BCUT2D eigenvalue weighted by atomic mass is 10.1. The van der Waals surface area contributed by atoms with Crippen LogP contribution in [0.1, 0.15) is 28.5 Å². The maximum absolute atomic E-state index is 12.7. The number of hydrogen-bond donors (Lipinski definition) is 1. The van der Waals surface area contributed by atoms with Crippen LogP contribution < -0.4 is 14.9 Å². The first-order valence-corrected chi connectivity index (χ1v) is 12.4. The second kappa shape index (κ2) is 12.1. The molecule has 4 rings (SSSR count). The Hall–Kier alpha value is -4.35. The number of nitrogens with zero attached hydrogens (tertiary/aromatic N) is 3. The van der Waals surface area contributed by atoms with Gasteiger partial charge in [-0.2, -0.15) is 10.4 Å². The fraction of sp³-hybridized carbons (Fsp3) is 0.138. The van der Waals surface area contributed by atoms with E-state index in [-0.39, 0.29) is 12.5 Å². The first-order chi connectivity index (χ1) is 18.0. The minimum absolute atomic E-state index is 0.0988. The van der Waals surface area contributed by atoms with Gasteiger partial charge in [-0.25, -0.2) is 5.43 Å². The van der Waals surface area contributed by atoms with Crippen molar-refractivity contribution in [2.75, 3.05) is 13.2 Å². The van der Waals surface area contributed by atoms with Gasteiger partial charge in [0.15, 0.2) is 18.1 Å². The van der Waals surface area contributed by atoms with Crippen molar-refractivity contribution in [1.82, 2.24) is 9.99 Å². The van der Waals surface area contributed by atoms with E-state index in [0.29, 0.717) is 33.7 Å². The number of benzene rings is 3. The molecule has 0 spiro atoms. The zero-order chi connectivity index (χ0) is 26.2. The first kappa shape index (κ1) is 25.7. The van der Waals surface area contributed by atoms with Crippen LogP contribution in [0.15, 0.2) is 88.4 Å². The fourth-order valence-corrected chi connectivity index (χ4v) is 4.45. The molecule has 0 bridgehead atoms. The number of amides is 1. The standard InChI is InChI=1S/C29H25BrN4O3/c1-3-36-27-18-21(17-25(30)28(27)37-16-15-31)19-32-33-29(35)23-10-12-24(13-11-23)34-20(2)9-14-26(34)22-7-5-4-6-8-22/h4-14,17-19H,3,16H2,1-2H3,(H,33,35)/b32-19+. The van der Waals surface area contributed by atoms with E-state index in [1.165, 1.54) is 6.21 Å². The monoisotopic (exact) mass is 556 g/mol. The van der Waals surface area contributed by atoms with E-state index < -0.39 is 0 Å². The van der Waals surface area contributed by atoms with Crippen molar-refractivity contribution in [1.29, 1.82) is 5.26 Å². The van der Waals surface area contributed by atoms with E-state index >= 15 is 0 Å². The molecule has 0 aliphatic heterocycles. The van der Waals surface area contributed by atoms with Gasteiger partial charge >= 0.3 is 0 Å². The smallest absolute Gasteiger partial charge is 0.271 e. The molecule has 0 aliphatic rings. The summed E-state index contributed by atoms with van der Waals surface area (Å²) >= 11 is 3.44. The number of aromatic nitrogens is 1. The number of hydrogen-bond acceptors (Lipinski definition) is 5. The Labute approximate surface area is 224 Å². The van der Waals surface area contributed by atoms with Crippen LogP contribution in [-0.4, -0.2) is 29.9 Å². The third-order valence-electron chi connectivity index (χ3n) is 5.53. The van der Waals surface area contributed by atoms with E-state index in [0.717, 1.165) is 22.6 Å². The fourth-order valence-electron chi connectivity index (χ4n) is 3.88. The van der Waals surface area contributed by atoms with Gasteiger partial charge < -0.3 is 14.0 Å². The van der Waals surface area contributed by atoms with Crippen LogP contribution in [0.5, 0.6) is 11.5 Å². The van der Waals surface area contributed by atoms with Gasteiger partial charge in [0, 0.05) is 16.9 Å². The van der Waals surface area contributed by atoms with E-state index in [1.54, 1.807) is 24.3 Å². The summed E-state index contributed by atoms with van der Waals surface area (Å²) in [5.41, 5.74) is 8.01. The molecule has 37 heavy (non-hydrogen) atoms. The molecule has 1 heterocycles. The Morgan fingerprint density at radius 2 is 1.84 bits per heavy atom. The number of aryl methyl sites for hydroxylation is 1. The van der Waals surface area contributed by atoms with Crippen molar-refractivity contribution < 1.29 is 14.3 Å². The van der Waals surface area contributed by atoms with Crippen molar-refractivity contribution in [2.45, 2.75) is 13.8 Å². The second-order valence-corrected chi connectivity index (χ2v) is 8.87. The predicted octanol–water partition coefficient (Wildman–Crippen LogP) is 6.28. The van der Waals surface area contributed by atoms with E-state index in [2.05, 4.69) is 62.2 Å². The second-order valence-electron chi connectivity index (χ2n) is 8.02. The highest BCUT2D eigenvalue weighted by Gasteiger charge is 2.13. The Balaban J connectivity index is 1.47. The number of ether oxygens (including phenoxy) is 2. The molecule has 1 amide bonds. The Bertz CT molecular complexity index is 1460. The van der Waals surface area contributed by atoms with Gasteiger partial charge in [0.2, 0.25) is 0 Å². The zero-order valence-corrected chi connectivity index (χ0v) is 22.0. The summed E-state index contributed by atoms with van der Waals surface area (Å²) < 4.78 is 13.9. The molecule has 3 aromatic carbocycles. The van der Waals surface area contributed by atoms with E-state index in [9.17, 15) is 4.79 Å². The number of halogens is 1. The topological polar surface area (TPSA) is 88.6 Å². The summed E-state index contributed by atoms with van der Waals surface area (Å²) in [6, 6.07) is 27.2. The minimum Gasteiger partial charge on any atom is -0.490 e. The molecule has 186 valence electrons. The molecule has 0 radical (unpaired) electrons. The molecule has 0 aliphatic carbocycles. The molecular weight excluding hydrogens is 532 g/mol. The highest BCUT2D eigenvalue weighted by molar-refractivity contribution is 9.10. The molecule has 0 atom stereocenters. The van der Waals surface area contributed by atoms with Crippen LogP contribution in [0, 0.1) is 18.3 Å². The average molecular weight is 557 g/mol. The van der Waals surface area contributed by atoms with Crippen molar-refractivity contribution in [3.8, 4) is 34.5 Å².